The van der Waals surface area contributed by atoms with Crippen molar-refractivity contribution in [2.75, 3.05) is 23.4 Å². The minimum absolute atomic E-state index is 0.0964. The van der Waals surface area contributed by atoms with E-state index >= 15 is 0 Å². The predicted octanol–water partition coefficient (Wildman–Crippen LogP) is 2.16. The molecule has 1 amide bonds. The van der Waals surface area contributed by atoms with E-state index in [1.807, 2.05) is 0 Å². The van der Waals surface area contributed by atoms with Crippen LogP contribution in [0.15, 0.2) is 64.4 Å². The highest BCUT2D eigenvalue weighted by Crippen LogP contribution is 2.22. The summed E-state index contributed by atoms with van der Waals surface area (Å²) in [5.41, 5.74) is 0.587. The molecule has 1 aliphatic rings. The summed E-state index contributed by atoms with van der Waals surface area (Å²) in [6.45, 7) is 0.816. The summed E-state index contributed by atoms with van der Waals surface area (Å²) in [6.07, 6.45) is 0. The van der Waals surface area contributed by atoms with Crippen LogP contribution >= 0.6 is 11.8 Å². The molecule has 0 aromatic heterocycles. The van der Waals surface area contributed by atoms with Crippen LogP contribution in [0, 0.1) is 0 Å². The van der Waals surface area contributed by atoms with Gasteiger partial charge in [0.1, 0.15) is 0 Å². The highest BCUT2D eigenvalue weighted by molar-refractivity contribution is 7.99. The fourth-order valence-corrected chi connectivity index (χ4v) is 4.63. The quantitative estimate of drug-likeness (QED) is 0.872. The maximum absolute atomic E-state index is 12.5. The van der Waals surface area contributed by atoms with Gasteiger partial charge in [0.05, 0.1) is 15.8 Å². The Labute approximate surface area is 145 Å². The smallest absolute Gasteiger partial charge is 0.242 e. The molecule has 126 valence electrons. The molecule has 1 atom stereocenters. The van der Waals surface area contributed by atoms with E-state index in [-0.39, 0.29) is 21.7 Å². The van der Waals surface area contributed by atoms with Crippen molar-refractivity contribution in [1.82, 2.24) is 5.32 Å². The van der Waals surface area contributed by atoms with E-state index in [4.69, 9.17) is 0 Å². The number of rotatable bonds is 4. The molecule has 7 heteroatoms. The molecule has 0 aliphatic carbocycles. The largest absolute Gasteiger partial charge is 0.325 e. The van der Waals surface area contributed by atoms with Gasteiger partial charge in [0, 0.05) is 23.7 Å². The first kappa shape index (κ1) is 17.0. The molecule has 0 spiro atoms. The van der Waals surface area contributed by atoms with Gasteiger partial charge >= 0.3 is 0 Å². The molecule has 2 aromatic carbocycles. The van der Waals surface area contributed by atoms with Gasteiger partial charge < -0.3 is 10.6 Å². The fourth-order valence-electron chi connectivity index (χ4n) is 2.42. The molecule has 2 aromatic rings. The van der Waals surface area contributed by atoms with E-state index in [1.54, 1.807) is 54.2 Å². The van der Waals surface area contributed by atoms with E-state index < -0.39 is 9.84 Å². The Morgan fingerprint density at radius 1 is 1.04 bits per heavy atom. The molecule has 1 aliphatic heterocycles. The summed E-state index contributed by atoms with van der Waals surface area (Å²) in [5, 5.41) is 5.99. The minimum Gasteiger partial charge on any atom is -0.325 e. The third-order valence-electron chi connectivity index (χ3n) is 3.72. The van der Waals surface area contributed by atoms with Crippen LogP contribution in [0.3, 0.4) is 0 Å². The Hall–Kier alpha value is -1.83. The molecule has 0 radical (unpaired) electrons. The molecular weight excluding hydrogens is 344 g/mol. The molecule has 24 heavy (non-hydrogen) atoms. The van der Waals surface area contributed by atoms with Crippen molar-refractivity contribution in [2.24, 2.45) is 0 Å². The van der Waals surface area contributed by atoms with Crippen LogP contribution in [0.2, 0.25) is 0 Å². The summed E-state index contributed by atoms with van der Waals surface area (Å²) in [4.78, 5) is 12.6. The zero-order chi connectivity index (χ0) is 17.0. The van der Waals surface area contributed by atoms with Gasteiger partial charge in [-0.3, -0.25) is 4.79 Å². The molecule has 0 saturated carbocycles. The zero-order valence-corrected chi connectivity index (χ0v) is 14.6. The van der Waals surface area contributed by atoms with E-state index in [0.29, 0.717) is 5.69 Å². The van der Waals surface area contributed by atoms with Crippen LogP contribution in [0.25, 0.3) is 0 Å². The van der Waals surface area contributed by atoms with Gasteiger partial charge in [-0.05, 0) is 36.4 Å². The summed E-state index contributed by atoms with van der Waals surface area (Å²) in [5.74, 6) is 1.66. The SMILES string of the molecule is O=C(Nc1ccc(S(=O)(=O)c2ccccc2)cc1)C1CSCCN1. The maximum atomic E-state index is 12.5. The number of hydrogen-bond acceptors (Lipinski definition) is 5. The molecule has 0 bridgehead atoms. The Morgan fingerprint density at radius 2 is 1.71 bits per heavy atom. The Balaban J connectivity index is 1.72. The second-order valence-electron chi connectivity index (χ2n) is 5.41. The summed E-state index contributed by atoms with van der Waals surface area (Å²) in [7, 11) is -3.53. The lowest BCUT2D eigenvalue weighted by Crippen LogP contribution is -2.46. The van der Waals surface area contributed by atoms with Crippen LogP contribution in [0.1, 0.15) is 0 Å². The molecule has 1 fully saturated rings. The summed E-state index contributed by atoms with van der Waals surface area (Å²) < 4.78 is 25.0. The molecule has 3 rings (SSSR count). The van der Waals surface area contributed by atoms with Crippen molar-refractivity contribution < 1.29 is 13.2 Å². The Morgan fingerprint density at radius 3 is 2.33 bits per heavy atom. The fraction of sp³-hybridized carbons (Fsp3) is 0.235. The molecule has 1 saturated heterocycles. The van der Waals surface area contributed by atoms with Crippen molar-refractivity contribution in [1.29, 1.82) is 0 Å². The monoisotopic (exact) mass is 362 g/mol. The summed E-state index contributed by atoms with van der Waals surface area (Å²) >= 11 is 1.74. The third kappa shape index (κ3) is 3.80. The average Bonchev–Trinajstić information content (AvgIpc) is 2.63. The van der Waals surface area contributed by atoms with Gasteiger partial charge in [0.15, 0.2) is 0 Å². The number of amides is 1. The average molecular weight is 362 g/mol. The number of anilines is 1. The van der Waals surface area contributed by atoms with Gasteiger partial charge in [-0.1, -0.05) is 18.2 Å². The second kappa shape index (κ2) is 7.38. The first-order valence-electron chi connectivity index (χ1n) is 7.59. The molecule has 2 N–H and O–H groups in total. The van der Waals surface area contributed by atoms with Crippen LogP contribution in [-0.4, -0.2) is 38.4 Å². The zero-order valence-electron chi connectivity index (χ0n) is 12.9. The molecule has 1 unspecified atom stereocenters. The molecular formula is C17H18N2O3S2. The lowest BCUT2D eigenvalue weighted by molar-refractivity contribution is -0.117. The maximum Gasteiger partial charge on any atom is 0.242 e. The van der Waals surface area contributed by atoms with Gasteiger partial charge in [0.2, 0.25) is 15.7 Å². The molecule has 5 nitrogen and oxygen atoms in total. The number of hydrogen-bond donors (Lipinski definition) is 2. The van der Waals surface area contributed by atoms with Gasteiger partial charge in [-0.15, -0.1) is 0 Å². The van der Waals surface area contributed by atoms with Gasteiger partial charge in [0.25, 0.3) is 0 Å². The number of nitrogens with one attached hydrogen (secondary N) is 2. The minimum atomic E-state index is -3.53. The van der Waals surface area contributed by atoms with Crippen molar-refractivity contribution in [3.8, 4) is 0 Å². The number of carbonyl (C=O) groups is 1. The highest BCUT2D eigenvalue weighted by Gasteiger charge is 2.21. The predicted molar refractivity (Wildman–Crippen MR) is 96.1 cm³/mol. The topological polar surface area (TPSA) is 75.3 Å². The van der Waals surface area contributed by atoms with Crippen molar-refractivity contribution in [3.05, 3.63) is 54.6 Å². The van der Waals surface area contributed by atoms with Crippen LogP contribution in [-0.2, 0) is 14.6 Å². The van der Waals surface area contributed by atoms with Crippen LogP contribution < -0.4 is 10.6 Å². The Bertz CT molecular complexity index is 799. The van der Waals surface area contributed by atoms with Crippen LogP contribution in [0.5, 0.6) is 0 Å². The number of thioether (sulfide) groups is 1. The third-order valence-corrected chi connectivity index (χ3v) is 6.57. The van der Waals surface area contributed by atoms with E-state index in [9.17, 15) is 13.2 Å². The normalized spacial score (nSPS) is 18.1. The Kier molecular flexibility index (Phi) is 5.23. The van der Waals surface area contributed by atoms with Crippen molar-refractivity contribution in [3.63, 3.8) is 0 Å². The van der Waals surface area contributed by atoms with Crippen molar-refractivity contribution >= 4 is 33.2 Å². The molecule has 1 heterocycles. The number of carbonyl (C=O) groups excluding carboxylic acids is 1. The summed E-state index contributed by atoms with van der Waals surface area (Å²) in [6, 6.07) is 14.3. The van der Waals surface area contributed by atoms with E-state index in [1.165, 1.54) is 12.1 Å². The van der Waals surface area contributed by atoms with Gasteiger partial charge in [-0.25, -0.2) is 8.42 Å². The van der Waals surface area contributed by atoms with E-state index in [2.05, 4.69) is 10.6 Å². The number of sulfone groups is 1. The van der Waals surface area contributed by atoms with Gasteiger partial charge in [-0.2, -0.15) is 11.8 Å². The first-order chi connectivity index (χ1) is 11.6. The van der Waals surface area contributed by atoms with E-state index in [0.717, 1.165) is 18.1 Å². The highest BCUT2D eigenvalue weighted by atomic mass is 32.2. The lowest BCUT2D eigenvalue weighted by atomic mass is 10.2. The first-order valence-corrected chi connectivity index (χ1v) is 10.2. The lowest BCUT2D eigenvalue weighted by Gasteiger charge is -2.22. The second-order valence-corrected chi connectivity index (χ2v) is 8.51. The van der Waals surface area contributed by atoms with Crippen molar-refractivity contribution in [2.45, 2.75) is 15.8 Å². The number of benzene rings is 2. The standard InChI is InChI=1S/C17H18N2O3S2/c20-17(16-12-23-11-10-18-16)19-13-6-8-15(9-7-13)24(21,22)14-4-2-1-3-5-14/h1-9,16,18H,10-12H2,(H,19,20). The van der Waals surface area contributed by atoms with Crippen LogP contribution in [0.4, 0.5) is 5.69 Å².